The van der Waals surface area contributed by atoms with E-state index in [9.17, 15) is 9.59 Å². The molecule has 0 aromatic heterocycles. The molecule has 0 bridgehead atoms. The molecule has 0 unspecified atom stereocenters. The van der Waals surface area contributed by atoms with Gasteiger partial charge in [0.05, 0.1) is 25.0 Å². The fraction of sp³-hybridized carbons (Fsp3) is 0.154. The number of para-hydroxylation sites is 2. The van der Waals surface area contributed by atoms with Gasteiger partial charge in [0.2, 0.25) is 0 Å². The van der Waals surface area contributed by atoms with Crippen LogP contribution in [-0.4, -0.2) is 25.5 Å². The van der Waals surface area contributed by atoms with Gasteiger partial charge in [-0.2, -0.15) is 0 Å². The summed E-state index contributed by atoms with van der Waals surface area (Å²) >= 11 is 6.28. The Labute approximate surface area is 197 Å². The van der Waals surface area contributed by atoms with Gasteiger partial charge in [-0.15, -0.1) is 0 Å². The Bertz CT molecular complexity index is 1250. The van der Waals surface area contributed by atoms with E-state index in [2.05, 4.69) is 5.32 Å². The van der Waals surface area contributed by atoms with E-state index in [1.54, 1.807) is 61.7 Å². The molecule has 6 nitrogen and oxygen atoms in total. The normalized spacial score (nSPS) is 13.5. The monoisotopic (exact) mass is 462 g/mol. The van der Waals surface area contributed by atoms with E-state index in [1.165, 1.54) is 0 Å². The van der Waals surface area contributed by atoms with Crippen molar-refractivity contribution in [3.63, 3.8) is 0 Å². The summed E-state index contributed by atoms with van der Waals surface area (Å²) in [6.45, 7) is 4.14. The summed E-state index contributed by atoms with van der Waals surface area (Å²) in [5.74, 6) is 0.178. The first kappa shape index (κ1) is 22.4. The zero-order valence-electron chi connectivity index (χ0n) is 18.5. The lowest BCUT2D eigenvalue weighted by Gasteiger charge is -2.19. The van der Waals surface area contributed by atoms with E-state index in [0.29, 0.717) is 40.1 Å². The van der Waals surface area contributed by atoms with Crippen LogP contribution in [0.3, 0.4) is 0 Å². The van der Waals surface area contributed by atoms with Crippen LogP contribution in [0.4, 0.5) is 11.4 Å². The molecule has 0 saturated heterocycles. The van der Waals surface area contributed by atoms with Gasteiger partial charge >= 0.3 is 0 Å². The summed E-state index contributed by atoms with van der Waals surface area (Å²) < 4.78 is 10.9. The van der Waals surface area contributed by atoms with Crippen LogP contribution in [0.2, 0.25) is 5.02 Å². The van der Waals surface area contributed by atoms with Gasteiger partial charge < -0.3 is 14.8 Å². The van der Waals surface area contributed by atoms with Crippen molar-refractivity contribution in [1.82, 2.24) is 0 Å². The molecule has 0 radical (unpaired) electrons. The third-order valence-corrected chi connectivity index (χ3v) is 5.72. The summed E-state index contributed by atoms with van der Waals surface area (Å²) in [4.78, 5) is 28.4. The van der Waals surface area contributed by atoms with Crippen molar-refractivity contribution in [1.29, 1.82) is 0 Å². The number of carbonyl (C=O) groups is 2. The maximum Gasteiger partial charge on any atom is 0.282 e. The van der Waals surface area contributed by atoms with Crippen LogP contribution in [0.5, 0.6) is 11.5 Å². The van der Waals surface area contributed by atoms with Crippen molar-refractivity contribution in [3.8, 4) is 11.5 Å². The van der Waals surface area contributed by atoms with Crippen LogP contribution in [0.15, 0.2) is 72.4 Å². The molecule has 3 aromatic carbocycles. The lowest BCUT2D eigenvalue weighted by molar-refractivity contribution is -0.120. The second-order valence-corrected chi connectivity index (χ2v) is 7.82. The average molecular weight is 463 g/mol. The highest BCUT2D eigenvalue weighted by Gasteiger charge is 2.41. The standard InChI is InChI=1S/C26H23ClN2O4/c1-4-33-22-8-6-5-7-21(22)29-25(30)23(17-10-13-19(32-3)14-11-17)24(26(29)31)28-18-12-9-16(2)20(27)15-18/h5-15,28H,4H2,1-3H3. The van der Waals surface area contributed by atoms with Crippen LogP contribution < -0.4 is 19.7 Å². The van der Waals surface area contributed by atoms with Gasteiger partial charge in [-0.3, -0.25) is 9.59 Å². The number of nitrogens with one attached hydrogen (secondary N) is 1. The minimum Gasteiger partial charge on any atom is -0.497 e. The smallest absolute Gasteiger partial charge is 0.282 e. The molecule has 0 spiro atoms. The molecule has 0 aliphatic carbocycles. The molecule has 3 aromatic rings. The molecule has 0 saturated carbocycles. The third-order valence-electron chi connectivity index (χ3n) is 5.31. The van der Waals surface area contributed by atoms with Crippen molar-refractivity contribution in [2.24, 2.45) is 0 Å². The number of methoxy groups -OCH3 is 1. The van der Waals surface area contributed by atoms with Crippen molar-refractivity contribution in [2.45, 2.75) is 13.8 Å². The number of imide groups is 1. The first-order valence-electron chi connectivity index (χ1n) is 10.5. The maximum absolute atomic E-state index is 13.6. The molecule has 168 valence electrons. The number of carbonyl (C=O) groups excluding carboxylic acids is 2. The van der Waals surface area contributed by atoms with E-state index in [-0.39, 0.29) is 11.3 Å². The number of benzene rings is 3. The first-order chi connectivity index (χ1) is 15.9. The molecule has 1 heterocycles. The van der Waals surface area contributed by atoms with Gasteiger partial charge in [-0.05, 0) is 61.4 Å². The molecule has 2 amide bonds. The first-order valence-corrected chi connectivity index (χ1v) is 10.8. The number of hydrogen-bond donors (Lipinski definition) is 1. The lowest BCUT2D eigenvalue weighted by Crippen LogP contribution is -2.32. The Morgan fingerprint density at radius 1 is 0.970 bits per heavy atom. The van der Waals surface area contributed by atoms with Gasteiger partial charge in [0.15, 0.2) is 0 Å². The van der Waals surface area contributed by atoms with Crippen molar-refractivity contribution < 1.29 is 19.1 Å². The Kier molecular flexibility index (Phi) is 6.38. The van der Waals surface area contributed by atoms with E-state index < -0.39 is 11.8 Å². The van der Waals surface area contributed by atoms with Crippen molar-refractivity contribution in [3.05, 3.63) is 88.6 Å². The summed E-state index contributed by atoms with van der Waals surface area (Å²) in [6.07, 6.45) is 0. The van der Waals surface area contributed by atoms with Gasteiger partial charge in [0, 0.05) is 10.7 Å². The average Bonchev–Trinajstić information content (AvgIpc) is 3.06. The summed E-state index contributed by atoms with van der Waals surface area (Å²) in [7, 11) is 1.57. The van der Waals surface area contributed by atoms with Crippen LogP contribution >= 0.6 is 11.6 Å². The summed E-state index contributed by atoms with van der Waals surface area (Å²) in [5, 5.41) is 3.69. The second-order valence-electron chi connectivity index (χ2n) is 7.41. The molecule has 1 aliphatic rings. The number of nitrogens with zero attached hydrogens (tertiary/aromatic N) is 1. The molecule has 4 rings (SSSR count). The Morgan fingerprint density at radius 2 is 1.70 bits per heavy atom. The molecule has 33 heavy (non-hydrogen) atoms. The number of aryl methyl sites for hydroxylation is 1. The number of amides is 2. The molecule has 7 heteroatoms. The molecular weight excluding hydrogens is 440 g/mol. The highest BCUT2D eigenvalue weighted by Crippen LogP contribution is 2.38. The SMILES string of the molecule is CCOc1ccccc1N1C(=O)C(Nc2ccc(C)c(Cl)c2)=C(c2ccc(OC)cc2)C1=O. The van der Waals surface area contributed by atoms with Crippen LogP contribution in [0, 0.1) is 6.92 Å². The maximum atomic E-state index is 13.6. The quantitative estimate of drug-likeness (QED) is 0.473. The van der Waals surface area contributed by atoms with E-state index in [0.717, 1.165) is 10.5 Å². The third kappa shape index (κ3) is 4.30. The number of rotatable bonds is 7. The molecule has 1 N–H and O–H groups in total. The van der Waals surface area contributed by atoms with Crippen LogP contribution in [0.25, 0.3) is 5.57 Å². The van der Waals surface area contributed by atoms with E-state index in [4.69, 9.17) is 21.1 Å². The van der Waals surface area contributed by atoms with Crippen molar-refractivity contribution >= 4 is 40.4 Å². The molecule has 0 atom stereocenters. The fourth-order valence-electron chi connectivity index (χ4n) is 3.62. The fourth-order valence-corrected chi connectivity index (χ4v) is 3.80. The van der Waals surface area contributed by atoms with Crippen molar-refractivity contribution in [2.75, 3.05) is 23.9 Å². The molecule has 1 aliphatic heterocycles. The molecule has 0 fully saturated rings. The number of ether oxygens (including phenoxy) is 2. The van der Waals surface area contributed by atoms with E-state index in [1.807, 2.05) is 26.0 Å². The van der Waals surface area contributed by atoms with Gasteiger partial charge in [0.1, 0.15) is 17.2 Å². The second kappa shape index (κ2) is 9.38. The zero-order valence-corrected chi connectivity index (χ0v) is 19.3. The Morgan fingerprint density at radius 3 is 2.36 bits per heavy atom. The highest BCUT2D eigenvalue weighted by atomic mass is 35.5. The number of hydrogen-bond acceptors (Lipinski definition) is 5. The predicted octanol–water partition coefficient (Wildman–Crippen LogP) is 5.45. The lowest BCUT2D eigenvalue weighted by atomic mass is 10.0. The number of anilines is 2. The van der Waals surface area contributed by atoms with Gasteiger partial charge in [-0.1, -0.05) is 41.9 Å². The zero-order chi connectivity index (χ0) is 23.5. The van der Waals surface area contributed by atoms with Crippen LogP contribution in [0.1, 0.15) is 18.1 Å². The topological polar surface area (TPSA) is 67.9 Å². The highest BCUT2D eigenvalue weighted by molar-refractivity contribution is 6.46. The minimum atomic E-state index is -0.477. The predicted molar refractivity (Wildman–Crippen MR) is 130 cm³/mol. The minimum absolute atomic E-state index is 0.163. The van der Waals surface area contributed by atoms with Gasteiger partial charge in [0.25, 0.3) is 11.8 Å². The molecular formula is C26H23ClN2O4. The van der Waals surface area contributed by atoms with E-state index >= 15 is 0 Å². The largest absolute Gasteiger partial charge is 0.497 e. The summed E-state index contributed by atoms with van der Waals surface area (Å²) in [5.41, 5.74) is 2.91. The Balaban J connectivity index is 1.83. The van der Waals surface area contributed by atoms with Crippen LogP contribution in [-0.2, 0) is 9.59 Å². The Hall–Kier alpha value is -3.77. The van der Waals surface area contributed by atoms with Gasteiger partial charge in [-0.25, -0.2) is 4.90 Å². The summed E-state index contributed by atoms with van der Waals surface area (Å²) in [6, 6.07) is 19.4. The number of halogens is 1.